The zero-order valence-corrected chi connectivity index (χ0v) is 18.8. The van der Waals surface area contributed by atoms with Crippen LogP contribution in [-0.2, 0) is 19.4 Å². The van der Waals surface area contributed by atoms with E-state index in [2.05, 4.69) is 22.9 Å². The maximum absolute atomic E-state index is 13.1. The Morgan fingerprint density at radius 3 is 2.87 bits per heavy atom. The van der Waals surface area contributed by atoms with E-state index in [0.29, 0.717) is 6.54 Å². The van der Waals surface area contributed by atoms with E-state index in [1.54, 1.807) is 28.0 Å². The fourth-order valence-corrected chi connectivity index (χ4v) is 6.43. The molecule has 0 unspecified atom stereocenters. The van der Waals surface area contributed by atoms with Gasteiger partial charge in [0.15, 0.2) is 4.96 Å². The Balaban J connectivity index is 1.21. The van der Waals surface area contributed by atoms with Gasteiger partial charge in [-0.3, -0.25) is 18.9 Å². The molecule has 0 spiro atoms. The second-order valence-corrected chi connectivity index (χ2v) is 10.3. The molecule has 1 atom stereocenters. The lowest BCUT2D eigenvalue weighted by atomic mass is 9.87. The Labute approximate surface area is 183 Å². The lowest BCUT2D eigenvalue weighted by Crippen LogP contribution is -2.48. The number of piperazine rings is 1. The second kappa shape index (κ2) is 8.24. The monoisotopic (exact) mass is 442 g/mol. The van der Waals surface area contributed by atoms with Crippen molar-refractivity contribution in [2.24, 2.45) is 5.92 Å². The highest BCUT2D eigenvalue weighted by molar-refractivity contribution is 7.15. The van der Waals surface area contributed by atoms with Crippen molar-refractivity contribution in [3.05, 3.63) is 55.1 Å². The molecule has 30 heavy (non-hydrogen) atoms. The largest absolute Gasteiger partial charge is 0.335 e. The van der Waals surface area contributed by atoms with E-state index >= 15 is 0 Å². The van der Waals surface area contributed by atoms with Crippen LogP contribution in [0.5, 0.6) is 0 Å². The smallest absolute Gasteiger partial charge is 0.264 e. The third-order valence-electron chi connectivity index (χ3n) is 6.37. The van der Waals surface area contributed by atoms with Gasteiger partial charge < -0.3 is 4.90 Å². The van der Waals surface area contributed by atoms with Crippen LogP contribution in [0.3, 0.4) is 0 Å². The average Bonchev–Trinajstić information content (AvgIpc) is 3.40. The molecular formula is C22H26N4O2S2. The first kappa shape index (κ1) is 19.9. The van der Waals surface area contributed by atoms with Crippen molar-refractivity contribution in [3.63, 3.8) is 0 Å². The van der Waals surface area contributed by atoms with Crippen molar-refractivity contribution < 1.29 is 4.79 Å². The Kier molecular flexibility index (Phi) is 5.47. The number of carbonyl (C=O) groups is 1. The molecule has 4 heterocycles. The summed E-state index contributed by atoms with van der Waals surface area (Å²) in [5.41, 5.74) is 2.18. The predicted octanol–water partition coefficient (Wildman–Crippen LogP) is 3.29. The first-order valence-electron chi connectivity index (χ1n) is 10.7. The Morgan fingerprint density at radius 2 is 2.07 bits per heavy atom. The van der Waals surface area contributed by atoms with Crippen LogP contribution in [-0.4, -0.2) is 51.3 Å². The number of nitrogens with zero attached hydrogens (tertiary/aromatic N) is 4. The molecule has 1 fully saturated rings. The highest BCUT2D eigenvalue weighted by Crippen LogP contribution is 2.34. The normalized spacial score (nSPS) is 19.9. The summed E-state index contributed by atoms with van der Waals surface area (Å²) in [4.78, 5) is 37.2. The number of aryl methyl sites for hydroxylation is 1. The number of thiazole rings is 1. The highest BCUT2D eigenvalue weighted by atomic mass is 32.1. The minimum Gasteiger partial charge on any atom is -0.335 e. The molecule has 0 bridgehead atoms. The molecule has 6 nitrogen and oxygen atoms in total. The van der Waals surface area contributed by atoms with Crippen LogP contribution in [0.15, 0.2) is 28.5 Å². The van der Waals surface area contributed by atoms with Gasteiger partial charge in [0.25, 0.3) is 11.5 Å². The van der Waals surface area contributed by atoms with Gasteiger partial charge >= 0.3 is 0 Å². The average molecular weight is 443 g/mol. The second-order valence-electron chi connectivity index (χ2n) is 8.29. The Hall–Kier alpha value is -2.03. The van der Waals surface area contributed by atoms with Crippen molar-refractivity contribution in [2.45, 2.75) is 39.2 Å². The fourth-order valence-electron chi connectivity index (χ4n) is 4.52. The molecule has 0 radical (unpaired) electrons. The Morgan fingerprint density at radius 1 is 1.23 bits per heavy atom. The van der Waals surface area contributed by atoms with Crippen molar-refractivity contribution in [1.29, 1.82) is 0 Å². The molecule has 1 aliphatic heterocycles. The maximum Gasteiger partial charge on any atom is 0.264 e. The molecule has 0 N–H and O–H groups in total. The van der Waals surface area contributed by atoms with Gasteiger partial charge in [0, 0.05) is 55.2 Å². The third-order valence-corrected chi connectivity index (χ3v) is 8.36. The maximum atomic E-state index is 13.1. The van der Waals surface area contributed by atoms with Gasteiger partial charge in [0.05, 0.1) is 10.6 Å². The van der Waals surface area contributed by atoms with Crippen molar-refractivity contribution in [1.82, 2.24) is 19.2 Å². The molecule has 0 aromatic carbocycles. The molecule has 8 heteroatoms. The summed E-state index contributed by atoms with van der Waals surface area (Å²) in [6.45, 7) is 5.97. The molecule has 1 aliphatic carbocycles. The van der Waals surface area contributed by atoms with E-state index in [1.807, 2.05) is 10.3 Å². The lowest BCUT2D eigenvalue weighted by Gasteiger charge is -2.34. The summed E-state index contributed by atoms with van der Waals surface area (Å²) >= 11 is 3.18. The highest BCUT2D eigenvalue weighted by Gasteiger charge is 2.27. The molecular weight excluding hydrogens is 416 g/mol. The molecule has 1 saturated heterocycles. The summed E-state index contributed by atoms with van der Waals surface area (Å²) in [7, 11) is 0. The minimum absolute atomic E-state index is 0.0305. The SMILES string of the molecule is CC[C@H]1CCc2sc(C(=O)N3CCN(Cc4cc(=O)n5ccsc5n4)CC3)cc2C1. The van der Waals surface area contributed by atoms with E-state index in [1.165, 1.54) is 34.6 Å². The van der Waals surface area contributed by atoms with Gasteiger partial charge in [-0.1, -0.05) is 13.3 Å². The number of hydrogen-bond donors (Lipinski definition) is 0. The molecule has 1 amide bonds. The summed E-state index contributed by atoms with van der Waals surface area (Å²) in [6.07, 6.45) is 6.49. The first-order valence-corrected chi connectivity index (χ1v) is 12.4. The van der Waals surface area contributed by atoms with E-state index in [-0.39, 0.29) is 11.5 Å². The van der Waals surface area contributed by atoms with Gasteiger partial charge in [-0.2, -0.15) is 0 Å². The number of rotatable bonds is 4. The predicted molar refractivity (Wildman–Crippen MR) is 121 cm³/mol. The minimum atomic E-state index is -0.0305. The van der Waals surface area contributed by atoms with E-state index in [4.69, 9.17) is 0 Å². The standard InChI is InChI=1S/C22H26N4O2S2/c1-2-15-3-4-18-16(11-15)12-19(30-18)21(28)25-7-5-24(6-8-25)14-17-13-20(27)26-9-10-29-22(26)23-17/h9-10,12-13,15H,2-8,11,14H2,1H3/t15-/m0/s1. The van der Waals surface area contributed by atoms with Gasteiger partial charge in [0.2, 0.25) is 0 Å². The molecule has 3 aromatic rings. The van der Waals surface area contributed by atoms with Gasteiger partial charge in [-0.25, -0.2) is 4.98 Å². The van der Waals surface area contributed by atoms with Crippen LogP contribution in [0.1, 0.15) is 45.6 Å². The summed E-state index contributed by atoms with van der Waals surface area (Å²) in [5, 5.41) is 1.88. The van der Waals surface area contributed by atoms with Crippen LogP contribution < -0.4 is 5.56 Å². The molecule has 0 saturated carbocycles. The summed E-state index contributed by atoms with van der Waals surface area (Å²) in [6, 6.07) is 3.78. The first-order chi connectivity index (χ1) is 14.6. The summed E-state index contributed by atoms with van der Waals surface area (Å²) in [5.74, 6) is 0.951. The van der Waals surface area contributed by atoms with Gasteiger partial charge in [-0.05, 0) is 36.8 Å². The van der Waals surface area contributed by atoms with Crippen LogP contribution in [0, 0.1) is 5.92 Å². The number of aromatic nitrogens is 2. The van der Waals surface area contributed by atoms with Crippen molar-refractivity contribution in [3.8, 4) is 0 Å². The molecule has 2 aliphatic rings. The van der Waals surface area contributed by atoms with Crippen molar-refractivity contribution in [2.75, 3.05) is 26.2 Å². The van der Waals surface area contributed by atoms with Crippen LogP contribution >= 0.6 is 22.7 Å². The van der Waals surface area contributed by atoms with Crippen LogP contribution in [0.2, 0.25) is 0 Å². The topological polar surface area (TPSA) is 57.9 Å². The number of carbonyl (C=O) groups excluding carboxylic acids is 1. The molecule has 158 valence electrons. The number of amides is 1. The van der Waals surface area contributed by atoms with E-state index < -0.39 is 0 Å². The third kappa shape index (κ3) is 3.84. The zero-order chi connectivity index (χ0) is 20.7. The Bertz CT molecular complexity index is 1120. The number of thiophene rings is 1. The van der Waals surface area contributed by atoms with Crippen LogP contribution in [0.25, 0.3) is 4.96 Å². The lowest BCUT2D eigenvalue weighted by molar-refractivity contribution is 0.0632. The summed E-state index contributed by atoms with van der Waals surface area (Å²) < 4.78 is 1.58. The van der Waals surface area contributed by atoms with E-state index in [9.17, 15) is 9.59 Å². The molecule has 5 rings (SSSR count). The zero-order valence-electron chi connectivity index (χ0n) is 17.2. The van der Waals surface area contributed by atoms with Gasteiger partial charge in [-0.15, -0.1) is 22.7 Å². The van der Waals surface area contributed by atoms with Crippen LogP contribution in [0.4, 0.5) is 0 Å². The number of hydrogen-bond acceptors (Lipinski definition) is 6. The fraction of sp³-hybridized carbons (Fsp3) is 0.500. The van der Waals surface area contributed by atoms with Crippen molar-refractivity contribution >= 4 is 33.5 Å². The molecule has 3 aromatic heterocycles. The number of fused-ring (bicyclic) bond motifs is 2. The van der Waals surface area contributed by atoms with Gasteiger partial charge in [0.1, 0.15) is 0 Å². The quantitative estimate of drug-likeness (QED) is 0.622. The van der Waals surface area contributed by atoms with E-state index in [0.717, 1.165) is 60.5 Å².